The Bertz CT molecular complexity index is 918. The van der Waals surface area contributed by atoms with Crippen LogP contribution in [0.4, 0.5) is 0 Å². The zero-order valence-electron chi connectivity index (χ0n) is 18.4. The van der Waals surface area contributed by atoms with Gasteiger partial charge in [-0.05, 0) is 37.8 Å². The Morgan fingerprint density at radius 1 is 1.10 bits per heavy atom. The Morgan fingerprint density at radius 2 is 1.77 bits per heavy atom. The number of rotatable bonds is 10. The molecule has 0 saturated heterocycles. The molecule has 0 bridgehead atoms. The monoisotopic (exact) mass is 435 g/mol. The summed E-state index contributed by atoms with van der Waals surface area (Å²) in [6.07, 6.45) is 0. The Hall–Kier alpha value is -2.39. The second-order valence-electron chi connectivity index (χ2n) is 7.77. The molecule has 3 N–H and O–H groups in total. The molecule has 1 heterocycles. The second kappa shape index (κ2) is 11.1. The summed E-state index contributed by atoms with van der Waals surface area (Å²) >= 11 is 0. The first-order chi connectivity index (χ1) is 14.2. The van der Waals surface area contributed by atoms with Crippen molar-refractivity contribution in [1.29, 1.82) is 0 Å². The van der Waals surface area contributed by atoms with Gasteiger partial charge in [-0.15, -0.1) is 0 Å². The number of hydrogen-bond donors (Lipinski definition) is 3. The van der Waals surface area contributed by atoms with Crippen molar-refractivity contribution in [2.45, 2.75) is 65.4 Å². The molecule has 0 aliphatic heterocycles. The van der Waals surface area contributed by atoms with Gasteiger partial charge in [-0.2, -0.15) is 0 Å². The van der Waals surface area contributed by atoms with E-state index in [0.717, 1.165) is 29.1 Å². The maximum atomic E-state index is 12.0. The third kappa shape index (κ3) is 8.16. The molecule has 0 aliphatic rings. The summed E-state index contributed by atoms with van der Waals surface area (Å²) < 4.78 is 32.0. The molecule has 0 unspecified atom stereocenters. The lowest BCUT2D eigenvalue weighted by atomic mass is 10.1. The molecule has 166 valence electrons. The number of nitrogens with zero attached hydrogens (tertiary/aromatic N) is 2. The number of hydrogen-bond acceptors (Lipinski definition) is 5. The molecule has 0 saturated carbocycles. The summed E-state index contributed by atoms with van der Waals surface area (Å²) in [6, 6.07) is 9.29. The number of aliphatic imine (C=N–C) groups is 1. The highest BCUT2D eigenvalue weighted by Gasteiger charge is 2.13. The minimum absolute atomic E-state index is 0.0333. The number of guanidine groups is 1. The lowest BCUT2D eigenvalue weighted by Crippen LogP contribution is -2.36. The van der Waals surface area contributed by atoms with Crippen LogP contribution in [-0.4, -0.2) is 32.1 Å². The molecule has 1 aromatic carbocycles. The van der Waals surface area contributed by atoms with Gasteiger partial charge in [0.25, 0.3) is 0 Å². The molecule has 0 atom stereocenters. The van der Waals surface area contributed by atoms with Crippen molar-refractivity contribution >= 4 is 16.0 Å². The fraction of sp³-hybridized carbons (Fsp3) is 0.524. The minimum Gasteiger partial charge on any atom is -0.359 e. The third-order valence-electron chi connectivity index (χ3n) is 4.16. The van der Waals surface area contributed by atoms with Crippen molar-refractivity contribution in [2.24, 2.45) is 4.99 Å². The fourth-order valence-electron chi connectivity index (χ4n) is 2.73. The second-order valence-corrected chi connectivity index (χ2v) is 9.52. The average Bonchev–Trinajstić information content (AvgIpc) is 3.13. The highest BCUT2D eigenvalue weighted by Crippen LogP contribution is 2.14. The molecule has 0 fully saturated rings. The van der Waals surface area contributed by atoms with Gasteiger partial charge in [0, 0.05) is 18.7 Å². The van der Waals surface area contributed by atoms with Crippen molar-refractivity contribution in [3.8, 4) is 0 Å². The first-order valence-electron chi connectivity index (χ1n) is 10.2. The first kappa shape index (κ1) is 23.9. The summed E-state index contributed by atoms with van der Waals surface area (Å²) in [5.74, 6) is 1.72. The Kier molecular flexibility index (Phi) is 8.86. The summed E-state index contributed by atoms with van der Waals surface area (Å²) in [4.78, 5) is 4.59. The van der Waals surface area contributed by atoms with Gasteiger partial charge in [-0.1, -0.05) is 43.3 Å². The van der Waals surface area contributed by atoms with Crippen LogP contribution in [0, 0.1) is 0 Å². The van der Waals surface area contributed by atoms with Crippen LogP contribution in [0.5, 0.6) is 0 Å². The molecule has 0 amide bonds. The zero-order valence-corrected chi connectivity index (χ0v) is 19.2. The van der Waals surface area contributed by atoms with Gasteiger partial charge in [-0.25, -0.2) is 18.1 Å². The average molecular weight is 436 g/mol. The third-order valence-corrected chi connectivity index (χ3v) is 5.70. The largest absolute Gasteiger partial charge is 0.359 e. The SMILES string of the molecule is CCNC(=NCc1ccc(CS(=O)(=O)NC(C)C)cc1)NCc1cc(C(C)C)no1. The van der Waals surface area contributed by atoms with Crippen LogP contribution in [0.15, 0.2) is 39.8 Å². The molecule has 2 aromatic rings. The summed E-state index contributed by atoms with van der Waals surface area (Å²) in [6.45, 7) is 11.5. The molecule has 2 rings (SSSR count). The molecule has 30 heavy (non-hydrogen) atoms. The van der Waals surface area contributed by atoms with Gasteiger partial charge < -0.3 is 15.2 Å². The van der Waals surface area contributed by atoms with E-state index in [1.165, 1.54) is 0 Å². The van der Waals surface area contributed by atoms with E-state index in [2.05, 4.69) is 39.4 Å². The lowest BCUT2D eigenvalue weighted by Gasteiger charge is -2.11. The quantitative estimate of drug-likeness (QED) is 0.391. The van der Waals surface area contributed by atoms with Crippen LogP contribution < -0.4 is 15.4 Å². The smallest absolute Gasteiger partial charge is 0.216 e. The predicted octanol–water partition coefficient (Wildman–Crippen LogP) is 2.88. The Balaban J connectivity index is 1.94. The van der Waals surface area contributed by atoms with Crippen molar-refractivity contribution in [1.82, 2.24) is 20.5 Å². The van der Waals surface area contributed by atoms with E-state index in [4.69, 9.17) is 4.52 Å². The highest BCUT2D eigenvalue weighted by atomic mass is 32.2. The maximum Gasteiger partial charge on any atom is 0.216 e. The van der Waals surface area contributed by atoms with E-state index >= 15 is 0 Å². The van der Waals surface area contributed by atoms with Gasteiger partial charge in [0.2, 0.25) is 10.0 Å². The summed E-state index contributed by atoms with van der Waals surface area (Å²) in [5.41, 5.74) is 2.67. The van der Waals surface area contributed by atoms with Crippen LogP contribution in [0.25, 0.3) is 0 Å². The number of aromatic nitrogens is 1. The standard InChI is InChI=1S/C21H33N5O3S/c1-6-22-21(24-13-19-11-20(15(2)3)25-29-19)23-12-17-7-9-18(10-8-17)14-30(27,28)26-16(4)5/h7-11,15-16,26H,6,12-14H2,1-5H3,(H2,22,23,24). The normalized spacial score (nSPS) is 12.6. The first-order valence-corrected chi connectivity index (χ1v) is 11.9. The van der Waals surface area contributed by atoms with Crippen molar-refractivity contribution in [3.05, 3.63) is 52.9 Å². The van der Waals surface area contributed by atoms with E-state index < -0.39 is 10.0 Å². The summed E-state index contributed by atoms with van der Waals surface area (Å²) in [7, 11) is -3.33. The highest BCUT2D eigenvalue weighted by molar-refractivity contribution is 7.88. The zero-order chi connectivity index (χ0) is 22.1. The molecule has 8 nitrogen and oxygen atoms in total. The molecule has 0 radical (unpaired) electrons. The number of sulfonamides is 1. The van der Waals surface area contributed by atoms with E-state index in [1.54, 1.807) is 13.8 Å². The van der Waals surface area contributed by atoms with Gasteiger partial charge in [0.15, 0.2) is 11.7 Å². The predicted molar refractivity (Wildman–Crippen MR) is 120 cm³/mol. The Morgan fingerprint density at radius 3 is 2.33 bits per heavy atom. The van der Waals surface area contributed by atoms with Crippen molar-refractivity contribution in [3.63, 3.8) is 0 Å². The Labute approximate surface area is 179 Å². The van der Waals surface area contributed by atoms with E-state index in [0.29, 0.717) is 25.0 Å². The van der Waals surface area contributed by atoms with Crippen molar-refractivity contribution < 1.29 is 12.9 Å². The van der Waals surface area contributed by atoms with Crippen LogP contribution in [0.1, 0.15) is 63.1 Å². The van der Waals surface area contributed by atoms with Gasteiger partial charge in [-0.3, -0.25) is 0 Å². The molecule has 9 heteroatoms. The molecular formula is C21H33N5O3S. The topological polar surface area (TPSA) is 109 Å². The van der Waals surface area contributed by atoms with Gasteiger partial charge in [0.1, 0.15) is 0 Å². The van der Waals surface area contributed by atoms with Gasteiger partial charge in [0.05, 0.1) is 24.5 Å². The van der Waals surface area contributed by atoms with Crippen molar-refractivity contribution in [2.75, 3.05) is 6.54 Å². The van der Waals surface area contributed by atoms with Crippen LogP contribution in [-0.2, 0) is 28.9 Å². The molecular weight excluding hydrogens is 402 g/mol. The number of benzene rings is 1. The molecule has 0 spiro atoms. The fourth-order valence-corrected chi connectivity index (χ4v) is 4.16. The molecule has 1 aromatic heterocycles. The van der Waals surface area contributed by atoms with E-state index in [1.807, 2.05) is 37.3 Å². The van der Waals surface area contributed by atoms with E-state index in [-0.39, 0.29) is 11.8 Å². The van der Waals surface area contributed by atoms with Crippen LogP contribution >= 0.6 is 0 Å². The molecule has 0 aliphatic carbocycles. The van der Waals surface area contributed by atoms with E-state index in [9.17, 15) is 8.42 Å². The summed E-state index contributed by atoms with van der Waals surface area (Å²) in [5, 5.41) is 10.5. The van der Waals surface area contributed by atoms with Crippen LogP contribution in [0.3, 0.4) is 0 Å². The van der Waals surface area contributed by atoms with Gasteiger partial charge >= 0.3 is 0 Å². The maximum absolute atomic E-state index is 12.0. The lowest BCUT2D eigenvalue weighted by molar-refractivity contribution is 0.372. The number of nitrogens with one attached hydrogen (secondary N) is 3. The minimum atomic E-state index is -3.33. The van der Waals surface area contributed by atoms with Crippen LogP contribution in [0.2, 0.25) is 0 Å².